The second kappa shape index (κ2) is 10.2. The molecule has 3 aromatic rings. The van der Waals surface area contributed by atoms with E-state index in [2.05, 4.69) is 27.5 Å². The van der Waals surface area contributed by atoms with Gasteiger partial charge in [-0.15, -0.1) is 6.42 Å². The van der Waals surface area contributed by atoms with Crippen LogP contribution in [-0.4, -0.2) is 70.9 Å². The maximum atomic E-state index is 14.9. The monoisotopic (exact) mass is 583 g/mol. The van der Waals surface area contributed by atoms with Crippen LogP contribution in [0.5, 0.6) is 11.8 Å². The fourth-order valence-corrected chi connectivity index (χ4v) is 8.57. The molecular formula is C34H38FN5O3. The van der Waals surface area contributed by atoms with Crippen molar-refractivity contribution in [2.45, 2.75) is 69.7 Å². The number of phenolic OH excluding ortho intramolecular Hbond substituents is 1. The third-order valence-corrected chi connectivity index (χ3v) is 10.4. The predicted molar refractivity (Wildman–Crippen MR) is 163 cm³/mol. The van der Waals surface area contributed by atoms with E-state index < -0.39 is 5.82 Å². The van der Waals surface area contributed by atoms with Gasteiger partial charge in [0.05, 0.1) is 41.7 Å². The number of aromatic hydroxyl groups is 1. The minimum Gasteiger partial charge on any atom is -0.508 e. The first-order valence-electron chi connectivity index (χ1n) is 15.8. The highest BCUT2D eigenvalue weighted by Crippen LogP contribution is 2.45. The van der Waals surface area contributed by atoms with E-state index in [0.717, 1.165) is 62.4 Å². The number of ether oxygens (including phenoxy) is 2. The van der Waals surface area contributed by atoms with Crippen LogP contribution in [0.1, 0.15) is 68.4 Å². The van der Waals surface area contributed by atoms with Crippen molar-refractivity contribution in [3.8, 4) is 24.1 Å². The summed E-state index contributed by atoms with van der Waals surface area (Å²) >= 11 is 0. The molecule has 6 heterocycles. The van der Waals surface area contributed by atoms with Gasteiger partial charge in [0.2, 0.25) is 0 Å². The number of fused-ring (bicyclic) bond motifs is 4. The van der Waals surface area contributed by atoms with Crippen molar-refractivity contribution in [3.63, 3.8) is 0 Å². The van der Waals surface area contributed by atoms with Crippen LogP contribution in [0.4, 0.5) is 15.9 Å². The van der Waals surface area contributed by atoms with E-state index in [1.165, 1.54) is 18.9 Å². The summed E-state index contributed by atoms with van der Waals surface area (Å²) in [7, 11) is 0. The Kier molecular flexibility index (Phi) is 6.43. The lowest BCUT2D eigenvalue weighted by Gasteiger charge is -2.38. The van der Waals surface area contributed by atoms with Crippen LogP contribution >= 0.6 is 0 Å². The summed E-state index contributed by atoms with van der Waals surface area (Å²) in [4.78, 5) is 17.3. The number of terminal acetylenes is 1. The molecule has 0 aliphatic carbocycles. The highest BCUT2D eigenvalue weighted by molar-refractivity contribution is 6.00. The van der Waals surface area contributed by atoms with Crippen LogP contribution in [0.2, 0.25) is 0 Å². The van der Waals surface area contributed by atoms with Crippen molar-refractivity contribution in [1.82, 2.24) is 14.9 Å². The van der Waals surface area contributed by atoms with E-state index in [1.54, 1.807) is 18.2 Å². The predicted octanol–water partition coefficient (Wildman–Crippen LogP) is 5.16. The van der Waals surface area contributed by atoms with E-state index in [0.29, 0.717) is 54.7 Å². The Morgan fingerprint density at radius 3 is 2.98 bits per heavy atom. The molecule has 5 aliphatic rings. The van der Waals surface area contributed by atoms with E-state index in [-0.39, 0.29) is 29.0 Å². The van der Waals surface area contributed by atoms with Crippen LogP contribution in [-0.2, 0) is 11.3 Å². The zero-order valence-electron chi connectivity index (χ0n) is 24.7. The lowest BCUT2D eigenvalue weighted by molar-refractivity contribution is 0.0451. The number of piperidine rings is 1. The fourth-order valence-electron chi connectivity index (χ4n) is 8.57. The van der Waals surface area contributed by atoms with Crippen LogP contribution in [0, 0.1) is 24.1 Å². The Morgan fingerprint density at radius 1 is 1.19 bits per heavy atom. The van der Waals surface area contributed by atoms with Crippen molar-refractivity contribution < 1.29 is 19.0 Å². The lowest BCUT2D eigenvalue weighted by atomic mass is 9.92. The van der Waals surface area contributed by atoms with Crippen molar-refractivity contribution in [1.29, 1.82) is 0 Å². The molecule has 43 heavy (non-hydrogen) atoms. The topological polar surface area (TPSA) is 74.2 Å². The molecule has 8 rings (SSSR count). The van der Waals surface area contributed by atoms with Gasteiger partial charge in [-0.05, 0) is 68.5 Å². The third-order valence-electron chi connectivity index (χ3n) is 10.4. The molecule has 0 bridgehead atoms. The quantitative estimate of drug-likeness (QED) is 0.423. The number of nitrogens with zero attached hydrogens (tertiary/aromatic N) is 5. The van der Waals surface area contributed by atoms with Gasteiger partial charge in [-0.1, -0.05) is 18.9 Å². The van der Waals surface area contributed by atoms with Crippen molar-refractivity contribution in [2.24, 2.45) is 5.92 Å². The zero-order chi connectivity index (χ0) is 29.3. The van der Waals surface area contributed by atoms with Gasteiger partial charge in [0, 0.05) is 36.7 Å². The number of hydrogen-bond donors (Lipinski definition) is 1. The Bertz CT molecular complexity index is 1640. The van der Waals surface area contributed by atoms with Gasteiger partial charge in [-0.2, -0.15) is 9.97 Å². The first-order chi connectivity index (χ1) is 20.9. The minimum atomic E-state index is -0.455. The van der Waals surface area contributed by atoms with Crippen LogP contribution in [0.3, 0.4) is 0 Å². The van der Waals surface area contributed by atoms with Crippen LogP contribution in [0.15, 0.2) is 24.3 Å². The Labute approximate surface area is 251 Å². The molecule has 9 heteroatoms. The standard InChI is InChI=1S/C34H38FN5O3/c1-3-25-26(35)9-8-22-13-24(41)14-28(30(22)25)38-17-27-31-29(18-38)42-19-23-7-4-5-12-40(23)32(31)37-33(36-27)43-20-34-10-6-11-39(34)16-21(2)15-34/h1,8-9,13-14,21,23,29,41H,4-7,10-12,15-20H2,2H3/t21-,23+,29?,34+/m1/s1. The molecule has 0 spiro atoms. The SMILES string of the molecule is C#Cc1c(F)ccc2cc(O)cc(N3Cc4nc(OC[C@@]56CCCN5C[C@H](C)C6)nc5c4C(C3)OC[C@@H]3CCCCN53)c12. The molecule has 3 fully saturated rings. The molecule has 8 nitrogen and oxygen atoms in total. The summed E-state index contributed by atoms with van der Waals surface area (Å²) in [5.41, 5.74) is 2.79. The molecule has 5 aliphatic heterocycles. The first-order valence-corrected chi connectivity index (χ1v) is 15.8. The molecule has 1 unspecified atom stereocenters. The van der Waals surface area contributed by atoms with Crippen molar-refractivity contribution in [2.75, 3.05) is 49.2 Å². The summed E-state index contributed by atoms with van der Waals surface area (Å²) in [6.45, 7) is 7.66. The highest BCUT2D eigenvalue weighted by Gasteiger charge is 2.48. The second-order valence-electron chi connectivity index (χ2n) is 13.2. The number of benzene rings is 2. The average molecular weight is 584 g/mol. The molecule has 0 radical (unpaired) electrons. The number of phenols is 1. The molecule has 0 saturated carbocycles. The average Bonchev–Trinajstić information content (AvgIpc) is 3.48. The van der Waals surface area contributed by atoms with Crippen molar-refractivity contribution >= 4 is 22.3 Å². The molecule has 1 aromatic heterocycles. The van der Waals surface area contributed by atoms with Gasteiger partial charge in [0.15, 0.2) is 0 Å². The third kappa shape index (κ3) is 4.41. The van der Waals surface area contributed by atoms with Gasteiger partial charge in [0.25, 0.3) is 0 Å². The maximum Gasteiger partial charge on any atom is 0.318 e. The maximum absolute atomic E-state index is 14.9. The zero-order valence-corrected chi connectivity index (χ0v) is 24.7. The fraction of sp³-hybridized carbons (Fsp3) is 0.529. The van der Waals surface area contributed by atoms with Crippen molar-refractivity contribution in [3.05, 3.63) is 46.9 Å². The molecule has 3 saturated heterocycles. The summed E-state index contributed by atoms with van der Waals surface area (Å²) in [6, 6.07) is 6.98. The summed E-state index contributed by atoms with van der Waals surface area (Å²) in [5.74, 6) is 3.79. The number of aromatic nitrogens is 2. The molecule has 2 aromatic carbocycles. The second-order valence-corrected chi connectivity index (χ2v) is 13.2. The van der Waals surface area contributed by atoms with Crippen LogP contribution < -0.4 is 14.5 Å². The van der Waals surface area contributed by atoms with Gasteiger partial charge in [0.1, 0.15) is 30.1 Å². The highest BCUT2D eigenvalue weighted by atomic mass is 19.1. The molecular weight excluding hydrogens is 545 g/mol. The number of halogens is 1. The van der Waals surface area contributed by atoms with Crippen LogP contribution in [0.25, 0.3) is 10.8 Å². The first kappa shape index (κ1) is 27.0. The van der Waals surface area contributed by atoms with Gasteiger partial charge >= 0.3 is 6.01 Å². The van der Waals surface area contributed by atoms with E-state index in [4.69, 9.17) is 25.9 Å². The molecule has 1 N–H and O–H groups in total. The smallest absolute Gasteiger partial charge is 0.318 e. The molecule has 0 amide bonds. The van der Waals surface area contributed by atoms with E-state index in [9.17, 15) is 9.50 Å². The summed E-state index contributed by atoms with van der Waals surface area (Å²) in [5, 5.41) is 12.0. The minimum absolute atomic E-state index is 0.0638. The number of anilines is 2. The molecule has 224 valence electrons. The van der Waals surface area contributed by atoms with Gasteiger partial charge in [-0.25, -0.2) is 4.39 Å². The Balaban J connectivity index is 1.21. The van der Waals surface area contributed by atoms with Gasteiger partial charge < -0.3 is 24.4 Å². The van der Waals surface area contributed by atoms with Gasteiger partial charge in [-0.3, -0.25) is 4.90 Å². The lowest BCUT2D eigenvalue weighted by Crippen LogP contribution is -2.44. The van der Waals surface area contributed by atoms with E-state index in [1.807, 2.05) is 0 Å². The summed E-state index contributed by atoms with van der Waals surface area (Å²) in [6.07, 6.45) is 12.4. The Morgan fingerprint density at radius 2 is 2.09 bits per heavy atom. The Hall–Kier alpha value is -3.61. The van der Waals surface area contributed by atoms with E-state index >= 15 is 0 Å². The summed E-state index contributed by atoms with van der Waals surface area (Å²) < 4.78 is 28.1. The number of hydrogen-bond acceptors (Lipinski definition) is 8. The molecule has 4 atom stereocenters. The normalized spacial score (nSPS) is 28.3. The largest absolute Gasteiger partial charge is 0.508 e. The number of rotatable bonds is 4.